The fourth-order valence-electron chi connectivity index (χ4n) is 1.34. The van der Waals surface area contributed by atoms with Crippen LogP contribution < -0.4 is 4.72 Å². The Balaban J connectivity index is 2.74. The highest BCUT2D eigenvalue weighted by atomic mass is 32.2. The van der Waals surface area contributed by atoms with Crippen LogP contribution in [0, 0.1) is 5.92 Å². The van der Waals surface area contributed by atoms with Crippen LogP contribution in [0.2, 0.25) is 0 Å². The number of carboxylic acid groups (broad SMARTS) is 1. The van der Waals surface area contributed by atoms with Gasteiger partial charge in [-0.3, -0.25) is 0 Å². The summed E-state index contributed by atoms with van der Waals surface area (Å²) in [5.41, 5.74) is -0.0632. The van der Waals surface area contributed by atoms with Crippen LogP contribution >= 0.6 is 0 Å². The van der Waals surface area contributed by atoms with Crippen molar-refractivity contribution in [1.29, 1.82) is 0 Å². The van der Waals surface area contributed by atoms with Gasteiger partial charge in [-0.15, -0.1) is 0 Å². The minimum atomic E-state index is -3.73. The molecule has 0 radical (unpaired) electrons. The summed E-state index contributed by atoms with van der Waals surface area (Å²) in [5, 5.41) is 8.49. The number of aromatic nitrogens is 1. The molecule has 1 atom stereocenters. The highest BCUT2D eigenvalue weighted by molar-refractivity contribution is 7.89. The molecule has 1 unspecified atom stereocenters. The predicted molar refractivity (Wildman–Crippen MR) is 67.4 cm³/mol. The maximum Gasteiger partial charge on any atom is 0.337 e. The maximum absolute atomic E-state index is 11.9. The van der Waals surface area contributed by atoms with Crippen molar-refractivity contribution in [2.75, 3.05) is 20.3 Å². The van der Waals surface area contributed by atoms with Crippen LogP contribution in [0.1, 0.15) is 17.3 Å². The number of methoxy groups -OCH3 is 1. The first-order valence-corrected chi connectivity index (χ1v) is 7.03. The fraction of sp³-hybridized carbons (Fsp3) is 0.455. The number of carboxylic acids is 1. The molecule has 8 heteroatoms. The standard InChI is InChI=1S/C11H16N2O5S/c1-8(7-18-2)5-13-19(16,17)10-4-3-9(6-12-10)11(14)15/h3-4,6,8,13H,5,7H2,1-2H3,(H,14,15). The minimum absolute atomic E-state index is 0.0260. The first kappa shape index (κ1) is 15.5. The third kappa shape index (κ3) is 4.58. The third-order valence-corrected chi connectivity index (χ3v) is 3.67. The van der Waals surface area contributed by atoms with E-state index in [2.05, 4.69) is 9.71 Å². The Bertz CT molecular complexity index is 527. The highest BCUT2D eigenvalue weighted by Crippen LogP contribution is 2.07. The number of carbonyl (C=O) groups is 1. The molecule has 0 spiro atoms. The predicted octanol–water partition coefficient (Wildman–Crippen LogP) is 0.341. The van der Waals surface area contributed by atoms with E-state index in [1.165, 1.54) is 13.2 Å². The number of aromatic carboxylic acids is 1. The van der Waals surface area contributed by atoms with Crippen LogP contribution in [-0.4, -0.2) is 44.7 Å². The normalized spacial score (nSPS) is 13.2. The molecule has 1 aromatic heterocycles. The van der Waals surface area contributed by atoms with Gasteiger partial charge in [0.1, 0.15) is 0 Å². The smallest absolute Gasteiger partial charge is 0.337 e. The Morgan fingerprint density at radius 2 is 2.21 bits per heavy atom. The molecule has 0 saturated heterocycles. The number of nitrogens with zero attached hydrogens (tertiary/aromatic N) is 1. The fourth-order valence-corrected chi connectivity index (χ4v) is 2.43. The molecule has 106 valence electrons. The average molecular weight is 288 g/mol. The largest absolute Gasteiger partial charge is 0.478 e. The van der Waals surface area contributed by atoms with E-state index in [-0.39, 0.29) is 23.1 Å². The van der Waals surface area contributed by atoms with E-state index in [0.717, 1.165) is 12.3 Å². The first-order valence-electron chi connectivity index (χ1n) is 5.54. The molecular formula is C11H16N2O5S. The number of pyridine rings is 1. The summed E-state index contributed by atoms with van der Waals surface area (Å²) < 4.78 is 31.0. The molecule has 7 nitrogen and oxygen atoms in total. The van der Waals surface area contributed by atoms with E-state index in [0.29, 0.717) is 6.61 Å². The maximum atomic E-state index is 11.9. The molecule has 0 saturated carbocycles. The van der Waals surface area contributed by atoms with Crippen LogP contribution in [0.15, 0.2) is 23.4 Å². The second kappa shape index (κ2) is 6.60. The van der Waals surface area contributed by atoms with Gasteiger partial charge in [0.25, 0.3) is 10.0 Å². The molecule has 1 aromatic rings. The molecule has 0 bridgehead atoms. The topological polar surface area (TPSA) is 106 Å². The van der Waals surface area contributed by atoms with Gasteiger partial charge in [0.05, 0.1) is 5.56 Å². The number of hydrogen-bond acceptors (Lipinski definition) is 5. The molecule has 1 heterocycles. The molecule has 2 N–H and O–H groups in total. The van der Waals surface area contributed by atoms with Crippen LogP contribution in [0.4, 0.5) is 0 Å². The highest BCUT2D eigenvalue weighted by Gasteiger charge is 2.17. The zero-order valence-corrected chi connectivity index (χ0v) is 11.5. The summed E-state index contributed by atoms with van der Waals surface area (Å²) in [7, 11) is -2.19. The van der Waals surface area contributed by atoms with E-state index in [1.807, 2.05) is 6.92 Å². The van der Waals surface area contributed by atoms with E-state index in [9.17, 15) is 13.2 Å². The van der Waals surface area contributed by atoms with Crippen molar-refractivity contribution in [2.45, 2.75) is 11.9 Å². The summed E-state index contributed by atoms with van der Waals surface area (Å²) in [6, 6.07) is 2.36. The Morgan fingerprint density at radius 1 is 1.53 bits per heavy atom. The van der Waals surface area contributed by atoms with Gasteiger partial charge in [0.2, 0.25) is 0 Å². The Morgan fingerprint density at radius 3 is 2.68 bits per heavy atom. The minimum Gasteiger partial charge on any atom is -0.478 e. The first-order chi connectivity index (χ1) is 8.86. The lowest BCUT2D eigenvalue weighted by Gasteiger charge is -2.11. The van der Waals surface area contributed by atoms with Crippen molar-refractivity contribution >= 4 is 16.0 Å². The molecule has 0 aliphatic rings. The quantitative estimate of drug-likeness (QED) is 0.749. The van der Waals surface area contributed by atoms with Crippen molar-refractivity contribution in [1.82, 2.24) is 9.71 Å². The van der Waals surface area contributed by atoms with Gasteiger partial charge < -0.3 is 9.84 Å². The van der Waals surface area contributed by atoms with Gasteiger partial charge >= 0.3 is 5.97 Å². The van der Waals surface area contributed by atoms with E-state index in [1.54, 1.807) is 0 Å². The zero-order chi connectivity index (χ0) is 14.5. The van der Waals surface area contributed by atoms with E-state index >= 15 is 0 Å². The van der Waals surface area contributed by atoms with Gasteiger partial charge in [-0.1, -0.05) is 6.92 Å². The molecule has 1 rings (SSSR count). The summed E-state index contributed by atoms with van der Waals surface area (Å²) >= 11 is 0. The van der Waals surface area contributed by atoms with Gasteiger partial charge in [0.15, 0.2) is 5.03 Å². The molecule has 0 aliphatic carbocycles. The number of hydrogen-bond donors (Lipinski definition) is 2. The lowest BCUT2D eigenvalue weighted by atomic mass is 10.2. The molecule has 0 amide bonds. The molecule has 0 fully saturated rings. The van der Waals surface area contributed by atoms with Gasteiger partial charge in [0, 0.05) is 26.5 Å². The second-order valence-electron chi connectivity index (χ2n) is 4.10. The summed E-state index contributed by atoms with van der Waals surface area (Å²) in [6.45, 7) is 2.50. The number of sulfonamides is 1. The number of ether oxygens (including phenoxy) is 1. The second-order valence-corrected chi connectivity index (χ2v) is 5.82. The van der Waals surface area contributed by atoms with E-state index in [4.69, 9.17) is 9.84 Å². The Labute approximate surface area is 111 Å². The van der Waals surface area contributed by atoms with Crippen LogP contribution in [0.3, 0.4) is 0 Å². The summed E-state index contributed by atoms with van der Waals surface area (Å²) in [5.74, 6) is -1.13. The summed E-state index contributed by atoms with van der Waals surface area (Å²) in [6.07, 6.45) is 1.01. The molecule has 0 aliphatic heterocycles. The van der Waals surface area contributed by atoms with Crippen molar-refractivity contribution in [3.8, 4) is 0 Å². The lowest BCUT2D eigenvalue weighted by Crippen LogP contribution is -2.30. The monoisotopic (exact) mass is 288 g/mol. The molecule has 0 aromatic carbocycles. The Hall–Kier alpha value is -1.51. The lowest BCUT2D eigenvalue weighted by molar-refractivity contribution is 0.0696. The number of rotatable bonds is 7. The average Bonchev–Trinajstić information content (AvgIpc) is 2.37. The van der Waals surface area contributed by atoms with Crippen LogP contribution in [0.25, 0.3) is 0 Å². The molecular weight excluding hydrogens is 272 g/mol. The van der Waals surface area contributed by atoms with Gasteiger partial charge in [-0.05, 0) is 18.1 Å². The van der Waals surface area contributed by atoms with Crippen molar-refractivity contribution in [3.63, 3.8) is 0 Å². The Kier molecular flexibility index (Phi) is 5.40. The van der Waals surface area contributed by atoms with Crippen LogP contribution in [-0.2, 0) is 14.8 Å². The SMILES string of the molecule is COCC(C)CNS(=O)(=O)c1ccc(C(=O)O)cn1. The van der Waals surface area contributed by atoms with E-state index < -0.39 is 16.0 Å². The number of nitrogens with one attached hydrogen (secondary N) is 1. The zero-order valence-electron chi connectivity index (χ0n) is 10.7. The van der Waals surface area contributed by atoms with Gasteiger partial charge in [-0.25, -0.2) is 22.9 Å². The summed E-state index contributed by atoms with van der Waals surface area (Å²) in [4.78, 5) is 14.3. The molecule has 19 heavy (non-hydrogen) atoms. The van der Waals surface area contributed by atoms with Crippen molar-refractivity contribution < 1.29 is 23.1 Å². The van der Waals surface area contributed by atoms with Crippen molar-refractivity contribution in [3.05, 3.63) is 23.9 Å². The van der Waals surface area contributed by atoms with Crippen LogP contribution in [0.5, 0.6) is 0 Å². The van der Waals surface area contributed by atoms with Gasteiger partial charge in [-0.2, -0.15) is 0 Å². The third-order valence-electron chi connectivity index (χ3n) is 2.33. The van der Waals surface area contributed by atoms with Crippen molar-refractivity contribution in [2.24, 2.45) is 5.92 Å².